The quantitative estimate of drug-likeness (QED) is 0.864. The van der Waals surface area contributed by atoms with Crippen LogP contribution < -0.4 is 5.32 Å². The number of ether oxygens (including phenoxy) is 1. The van der Waals surface area contributed by atoms with E-state index in [4.69, 9.17) is 16.3 Å². The van der Waals surface area contributed by atoms with Gasteiger partial charge in [-0.1, -0.05) is 23.7 Å². The molecule has 2 aromatic rings. The minimum absolute atomic E-state index is 0.227. The summed E-state index contributed by atoms with van der Waals surface area (Å²) < 4.78 is 18.3. The lowest BCUT2D eigenvalue weighted by atomic mass is 10.1. The van der Waals surface area contributed by atoms with Gasteiger partial charge in [0, 0.05) is 10.7 Å². The third kappa shape index (κ3) is 3.95. The predicted octanol–water partition coefficient (Wildman–Crippen LogP) is 4.11. The average Bonchev–Trinajstić information content (AvgIpc) is 2.43. The average molecular weight is 308 g/mol. The Bertz CT molecular complexity index is 640. The van der Waals surface area contributed by atoms with Crippen molar-refractivity contribution < 1.29 is 13.9 Å². The van der Waals surface area contributed by atoms with Gasteiger partial charge in [-0.05, 0) is 48.4 Å². The Morgan fingerprint density at radius 3 is 2.67 bits per heavy atom. The number of anilines is 1. The number of carbonyl (C=O) groups is 1. The standard InChI is InChI=1S/C16H15ClFNO2/c1-10-4-3-5-14(6-10)19-15(16(20)21-2)11-7-12(17)9-13(18)8-11/h3-9,15,19H,1-2H3. The Labute approximate surface area is 127 Å². The van der Waals surface area contributed by atoms with Crippen LogP contribution in [0.5, 0.6) is 0 Å². The number of halogens is 2. The van der Waals surface area contributed by atoms with Crippen LogP contribution in [0, 0.1) is 12.7 Å². The summed E-state index contributed by atoms with van der Waals surface area (Å²) >= 11 is 5.85. The van der Waals surface area contributed by atoms with Gasteiger partial charge in [-0.3, -0.25) is 0 Å². The van der Waals surface area contributed by atoms with Crippen molar-refractivity contribution in [1.82, 2.24) is 0 Å². The first-order valence-corrected chi connectivity index (χ1v) is 6.74. The van der Waals surface area contributed by atoms with E-state index in [-0.39, 0.29) is 5.02 Å². The summed E-state index contributed by atoms with van der Waals surface area (Å²) in [6.45, 7) is 1.94. The van der Waals surface area contributed by atoms with Crippen molar-refractivity contribution in [1.29, 1.82) is 0 Å². The summed E-state index contributed by atoms with van der Waals surface area (Å²) in [5.41, 5.74) is 2.19. The van der Waals surface area contributed by atoms with Crippen molar-refractivity contribution in [2.45, 2.75) is 13.0 Å². The molecule has 0 fully saturated rings. The van der Waals surface area contributed by atoms with Gasteiger partial charge < -0.3 is 10.1 Å². The molecule has 0 spiro atoms. The van der Waals surface area contributed by atoms with Crippen molar-refractivity contribution in [3.8, 4) is 0 Å². The molecule has 2 rings (SSSR count). The van der Waals surface area contributed by atoms with Crippen molar-refractivity contribution in [3.63, 3.8) is 0 Å². The zero-order valence-corrected chi connectivity index (χ0v) is 12.4. The van der Waals surface area contributed by atoms with Crippen molar-refractivity contribution in [3.05, 3.63) is 64.4 Å². The highest BCUT2D eigenvalue weighted by atomic mass is 35.5. The molecule has 0 bridgehead atoms. The van der Waals surface area contributed by atoms with Crippen molar-refractivity contribution >= 4 is 23.3 Å². The first kappa shape index (κ1) is 15.3. The number of benzene rings is 2. The summed E-state index contributed by atoms with van der Waals surface area (Å²) in [5.74, 6) is -1.02. The fourth-order valence-corrected chi connectivity index (χ4v) is 2.27. The predicted molar refractivity (Wildman–Crippen MR) is 81.0 cm³/mol. The minimum Gasteiger partial charge on any atom is -0.467 e. The highest BCUT2D eigenvalue weighted by Gasteiger charge is 2.22. The van der Waals surface area contributed by atoms with Crippen molar-refractivity contribution in [2.24, 2.45) is 0 Å². The highest BCUT2D eigenvalue weighted by Crippen LogP contribution is 2.25. The normalized spacial score (nSPS) is 11.8. The van der Waals surface area contributed by atoms with Crippen LogP contribution in [0.2, 0.25) is 5.02 Å². The summed E-state index contributed by atoms with van der Waals surface area (Å²) in [6.07, 6.45) is 0. The second kappa shape index (κ2) is 6.59. The number of methoxy groups -OCH3 is 1. The smallest absolute Gasteiger partial charge is 0.332 e. The molecule has 110 valence electrons. The van der Waals surface area contributed by atoms with E-state index in [1.54, 1.807) is 0 Å². The molecule has 0 aromatic heterocycles. The van der Waals surface area contributed by atoms with E-state index < -0.39 is 17.8 Å². The van der Waals surface area contributed by atoms with Gasteiger partial charge in [-0.2, -0.15) is 0 Å². The zero-order valence-electron chi connectivity index (χ0n) is 11.7. The lowest BCUT2D eigenvalue weighted by Crippen LogP contribution is -2.22. The maximum absolute atomic E-state index is 13.5. The van der Waals surface area contributed by atoms with E-state index in [9.17, 15) is 9.18 Å². The molecule has 0 amide bonds. The second-order valence-electron chi connectivity index (χ2n) is 4.67. The molecule has 0 aliphatic heterocycles. The Hall–Kier alpha value is -2.07. The fourth-order valence-electron chi connectivity index (χ4n) is 2.04. The number of rotatable bonds is 4. The van der Waals surface area contributed by atoms with Gasteiger partial charge in [-0.15, -0.1) is 0 Å². The SMILES string of the molecule is COC(=O)C(Nc1cccc(C)c1)c1cc(F)cc(Cl)c1. The van der Waals surface area contributed by atoms with Gasteiger partial charge in [0.25, 0.3) is 0 Å². The maximum atomic E-state index is 13.5. The molecule has 1 atom stereocenters. The molecule has 0 saturated carbocycles. The largest absolute Gasteiger partial charge is 0.467 e. The summed E-state index contributed by atoms with van der Waals surface area (Å²) in [5, 5.41) is 3.27. The molecule has 2 aromatic carbocycles. The minimum atomic E-state index is -0.829. The van der Waals surface area contributed by atoms with Crippen LogP contribution >= 0.6 is 11.6 Å². The molecule has 0 radical (unpaired) electrons. The second-order valence-corrected chi connectivity index (χ2v) is 5.11. The lowest BCUT2D eigenvalue weighted by molar-refractivity contribution is -0.141. The molecular weight excluding hydrogens is 293 g/mol. The van der Waals surface area contributed by atoms with Crippen molar-refractivity contribution in [2.75, 3.05) is 12.4 Å². The molecule has 5 heteroatoms. The van der Waals surface area contributed by atoms with Crippen LogP contribution in [0.1, 0.15) is 17.2 Å². The molecular formula is C16H15ClFNO2. The van der Waals surface area contributed by atoms with Crippen LogP contribution in [-0.4, -0.2) is 13.1 Å². The Kier molecular flexibility index (Phi) is 4.81. The van der Waals surface area contributed by atoms with Gasteiger partial charge in [0.15, 0.2) is 6.04 Å². The van der Waals surface area contributed by atoms with E-state index in [1.165, 1.54) is 25.3 Å². The number of aryl methyl sites for hydroxylation is 1. The first-order valence-electron chi connectivity index (χ1n) is 6.36. The van der Waals surface area contributed by atoms with Crippen LogP contribution in [0.4, 0.5) is 10.1 Å². The van der Waals surface area contributed by atoms with E-state index in [1.807, 2.05) is 31.2 Å². The molecule has 1 N–H and O–H groups in total. The summed E-state index contributed by atoms with van der Waals surface area (Å²) in [7, 11) is 1.29. The molecule has 0 aliphatic rings. The van der Waals surface area contributed by atoms with Gasteiger partial charge >= 0.3 is 5.97 Å². The van der Waals surface area contributed by atoms with Gasteiger partial charge in [0.05, 0.1) is 7.11 Å². The number of hydrogen-bond acceptors (Lipinski definition) is 3. The fraction of sp³-hybridized carbons (Fsp3) is 0.188. The molecule has 0 heterocycles. The summed E-state index contributed by atoms with van der Waals surface area (Å²) in [4.78, 5) is 12.0. The summed E-state index contributed by atoms with van der Waals surface area (Å²) in [6, 6.07) is 10.7. The zero-order chi connectivity index (χ0) is 15.4. The number of carbonyl (C=O) groups excluding carboxylic acids is 1. The topological polar surface area (TPSA) is 38.3 Å². The maximum Gasteiger partial charge on any atom is 0.332 e. The van der Waals surface area contributed by atoms with E-state index in [0.717, 1.165) is 11.3 Å². The third-order valence-corrected chi connectivity index (χ3v) is 3.20. The molecule has 0 saturated heterocycles. The monoisotopic (exact) mass is 307 g/mol. The first-order chi connectivity index (χ1) is 9.99. The molecule has 0 aliphatic carbocycles. The van der Waals surface area contributed by atoms with Crippen LogP contribution in [0.15, 0.2) is 42.5 Å². The van der Waals surface area contributed by atoms with E-state index >= 15 is 0 Å². The number of hydrogen-bond donors (Lipinski definition) is 1. The lowest BCUT2D eigenvalue weighted by Gasteiger charge is -2.18. The molecule has 21 heavy (non-hydrogen) atoms. The van der Waals surface area contributed by atoms with Crippen LogP contribution in [0.3, 0.4) is 0 Å². The Balaban J connectivity index is 2.36. The van der Waals surface area contributed by atoms with Crippen LogP contribution in [0.25, 0.3) is 0 Å². The highest BCUT2D eigenvalue weighted by molar-refractivity contribution is 6.30. The van der Waals surface area contributed by atoms with E-state index in [2.05, 4.69) is 5.32 Å². The Morgan fingerprint density at radius 2 is 2.05 bits per heavy atom. The van der Waals surface area contributed by atoms with Gasteiger partial charge in [0.1, 0.15) is 5.82 Å². The van der Waals surface area contributed by atoms with E-state index in [0.29, 0.717) is 5.56 Å². The van der Waals surface area contributed by atoms with Gasteiger partial charge in [0.2, 0.25) is 0 Å². The molecule has 3 nitrogen and oxygen atoms in total. The number of esters is 1. The molecule has 1 unspecified atom stereocenters. The van der Waals surface area contributed by atoms with Gasteiger partial charge in [-0.25, -0.2) is 9.18 Å². The number of nitrogens with one attached hydrogen (secondary N) is 1. The third-order valence-electron chi connectivity index (χ3n) is 2.98. The Morgan fingerprint density at radius 1 is 1.29 bits per heavy atom. The van der Waals surface area contributed by atoms with Crippen LogP contribution in [-0.2, 0) is 9.53 Å².